The third kappa shape index (κ3) is 3.34. The van der Waals surface area contributed by atoms with Gasteiger partial charge in [0.05, 0.1) is 14.2 Å². The van der Waals surface area contributed by atoms with E-state index in [9.17, 15) is 0 Å². The number of methoxy groups -OCH3 is 2. The minimum atomic E-state index is -0.391. The van der Waals surface area contributed by atoms with Crippen LogP contribution in [-0.2, 0) is 17.8 Å². The van der Waals surface area contributed by atoms with Crippen molar-refractivity contribution in [3.8, 4) is 11.5 Å². The fourth-order valence-corrected chi connectivity index (χ4v) is 6.14. The van der Waals surface area contributed by atoms with Crippen LogP contribution in [-0.4, -0.2) is 24.7 Å². The Morgan fingerprint density at radius 2 is 1.38 bits per heavy atom. The number of hydrogen-bond donors (Lipinski definition) is 0. The topological polar surface area (TPSA) is 30.9 Å². The second-order valence-electron chi connectivity index (χ2n) is 10.7. The van der Waals surface area contributed by atoms with Crippen molar-refractivity contribution < 1.29 is 14.2 Å². The smallest absolute Gasteiger partial charge is 0.161 e. The molecule has 5 rings (SSSR count). The maximum atomic E-state index is 6.59. The van der Waals surface area contributed by atoms with E-state index in [-0.39, 0.29) is 5.41 Å². The van der Waals surface area contributed by atoms with Gasteiger partial charge in [0.1, 0.15) is 11.4 Å². The summed E-state index contributed by atoms with van der Waals surface area (Å²) in [6.07, 6.45) is 2.24. The number of aryl methyl sites for hydroxylation is 1. The van der Waals surface area contributed by atoms with Gasteiger partial charge in [0.2, 0.25) is 0 Å². The highest BCUT2D eigenvalue weighted by Gasteiger charge is 2.49. The Balaban J connectivity index is 1.61. The van der Waals surface area contributed by atoms with Crippen LogP contribution in [0.15, 0.2) is 65.1 Å². The molecule has 0 spiro atoms. The molecule has 3 aliphatic rings. The van der Waals surface area contributed by atoms with E-state index in [0.29, 0.717) is 0 Å². The van der Waals surface area contributed by atoms with Crippen LogP contribution in [0.1, 0.15) is 56.9 Å². The number of nitrogens with zero attached hydrogens (tertiary/aromatic N) is 1. The molecule has 0 atom stereocenters. The SMILES string of the molecule is COc1cc2c(cc1OC)CN(C1=C(C)C=C3OC(C)(C)C(c4ccc(C)cc4)=C3C1(C)C)C2. The second-order valence-corrected chi connectivity index (χ2v) is 10.7. The first-order chi connectivity index (χ1) is 16.1. The molecule has 34 heavy (non-hydrogen) atoms. The number of ether oxygens (including phenoxy) is 3. The summed E-state index contributed by atoms with van der Waals surface area (Å²) in [6, 6.07) is 13.1. The molecule has 4 nitrogen and oxygen atoms in total. The lowest BCUT2D eigenvalue weighted by molar-refractivity contribution is 0.106. The Bertz CT molecular complexity index is 1230. The number of allylic oxidation sites excluding steroid dienone is 4. The number of fused-ring (bicyclic) bond motifs is 2. The zero-order valence-corrected chi connectivity index (χ0v) is 21.6. The number of benzene rings is 2. The van der Waals surface area contributed by atoms with Crippen LogP contribution in [0, 0.1) is 12.3 Å². The van der Waals surface area contributed by atoms with E-state index in [0.717, 1.165) is 30.3 Å². The van der Waals surface area contributed by atoms with Crippen LogP contribution in [0.2, 0.25) is 0 Å². The van der Waals surface area contributed by atoms with Gasteiger partial charge in [-0.1, -0.05) is 43.7 Å². The molecule has 2 aliphatic heterocycles. The molecule has 0 saturated carbocycles. The molecule has 1 aliphatic carbocycles. The van der Waals surface area contributed by atoms with Gasteiger partial charge >= 0.3 is 0 Å². The van der Waals surface area contributed by atoms with Crippen molar-refractivity contribution in [3.05, 3.63) is 87.3 Å². The lowest BCUT2D eigenvalue weighted by Crippen LogP contribution is -2.33. The van der Waals surface area contributed by atoms with Crippen LogP contribution < -0.4 is 9.47 Å². The molecule has 0 fully saturated rings. The minimum absolute atomic E-state index is 0.210. The standard InChI is InChI=1S/C30H35NO3/c1-18-9-11-20(12-10-18)26-27-25(34-30(26,5)6)13-19(2)28(29(27,3)4)31-16-21-14-23(32-7)24(33-8)15-22(21)17-31/h9-15H,16-17H2,1-8H3. The first kappa shape index (κ1) is 22.6. The fraction of sp³-hybridized carbons (Fsp3) is 0.400. The molecule has 4 heteroatoms. The predicted octanol–water partition coefficient (Wildman–Crippen LogP) is 6.79. The first-order valence-corrected chi connectivity index (χ1v) is 12.0. The van der Waals surface area contributed by atoms with Gasteiger partial charge < -0.3 is 19.1 Å². The van der Waals surface area contributed by atoms with Gasteiger partial charge in [0, 0.05) is 35.3 Å². The maximum Gasteiger partial charge on any atom is 0.161 e. The third-order valence-electron chi connectivity index (χ3n) is 7.49. The van der Waals surface area contributed by atoms with Crippen molar-refractivity contribution in [2.24, 2.45) is 5.41 Å². The molecular weight excluding hydrogens is 422 g/mol. The van der Waals surface area contributed by atoms with Crippen molar-refractivity contribution in [2.75, 3.05) is 14.2 Å². The quantitative estimate of drug-likeness (QED) is 0.506. The van der Waals surface area contributed by atoms with Crippen LogP contribution in [0.25, 0.3) is 5.57 Å². The molecule has 0 unspecified atom stereocenters. The summed E-state index contributed by atoms with van der Waals surface area (Å²) in [6.45, 7) is 15.1. The summed E-state index contributed by atoms with van der Waals surface area (Å²) < 4.78 is 17.7. The lowest BCUT2D eigenvalue weighted by Gasteiger charge is -2.40. The highest BCUT2D eigenvalue weighted by atomic mass is 16.5. The van der Waals surface area contributed by atoms with E-state index < -0.39 is 5.60 Å². The largest absolute Gasteiger partial charge is 0.493 e. The summed E-state index contributed by atoms with van der Waals surface area (Å²) in [4.78, 5) is 2.51. The zero-order chi connectivity index (χ0) is 24.4. The van der Waals surface area contributed by atoms with Crippen molar-refractivity contribution in [3.63, 3.8) is 0 Å². The summed E-state index contributed by atoms with van der Waals surface area (Å²) >= 11 is 0. The van der Waals surface area contributed by atoms with Crippen molar-refractivity contribution in [1.82, 2.24) is 4.90 Å². The van der Waals surface area contributed by atoms with E-state index in [1.54, 1.807) is 14.2 Å². The molecule has 0 saturated heterocycles. The average Bonchev–Trinajstić information content (AvgIpc) is 3.29. The summed E-state index contributed by atoms with van der Waals surface area (Å²) in [5.74, 6) is 2.58. The maximum absolute atomic E-state index is 6.59. The van der Waals surface area contributed by atoms with Gasteiger partial charge in [-0.15, -0.1) is 0 Å². The molecule has 2 aromatic rings. The van der Waals surface area contributed by atoms with E-state index >= 15 is 0 Å². The van der Waals surface area contributed by atoms with E-state index in [1.807, 2.05) is 0 Å². The van der Waals surface area contributed by atoms with Crippen LogP contribution >= 0.6 is 0 Å². The molecule has 0 amide bonds. The highest BCUT2D eigenvalue weighted by Crippen LogP contribution is 2.57. The Labute approximate surface area is 203 Å². The molecule has 2 heterocycles. The van der Waals surface area contributed by atoms with E-state index in [2.05, 4.69) is 88.9 Å². The molecule has 2 aromatic carbocycles. The molecule has 0 bridgehead atoms. The van der Waals surface area contributed by atoms with Gasteiger partial charge in [-0.3, -0.25) is 0 Å². The van der Waals surface area contributed by atoms with Crippen molar-refractivity contribution in [1.29, 1.82) is 0 Å². The Morgan fingerprint density at radius 3 is 1.91 bits per heavy atom. The van der Waals surface area contributed by atoms with Crippen molar-refractivity contribution in [2.45, 2.75) is 60.2 Å². The average molecular weight is 458 g/mol. The number of hydrogen-bond acceptors (Lipinski definition) is 4. The molecule has 0 radical (unpaired) electrons. The van der Waals surface area contributed by atoms with Gasteiger partial charge in [-0.2, -0.15) is 0 Å². The third-order valence-corrected chi connectivity index (χ3v) is 7.49. The van der Waals surface area contributed by atoms with Gasteiger partial charge in [-0.05, 0) is 68.2 Å². The molecular formula is C30H35NO3. The zero-order valence-electron chi connectivity index (χ0n) is 21.6. The monoisotopic (exact) mass is 457 g/mol. The van der Waals surface area contributed by atoms with Crippen molar-refractivity contribution >= 4 is 5.57 Å². The van der Waals surface area contributed by atoms with Gasteiger partial charge in [-0.25, -0.2) is 0 Å². The Kier molecular flexibility index (Phi) is 5.12. The predicted molar refractivity (Wildman–Crippen MR) is 137 cm³/mol. The molecule has 0 aromatic heterocycles. The van der Waals surface area contributed by atoms with Crippen LogP contribution in [0.3, 0.4) is 0 Å². The summed E-state index contributed by atoms with van der Waals surface area (Å²) in [5, 5.41) is 0. The van der Waals surface area contributed by atoms with Crippen LogP contribution in [0.4, 0.5) is 0 Å². The normalized spacial score (nSPS) is 20.1. The Morgan fingerprint density at radius 1 is 0.824 bits per heavy atom. The van der Waals surface area contributed by atoms with E-state index in [4.69, 9.17) is 14.2 Å². The van der Waals surface area contributed by atoms with E-state index in [1.165, 1.54) is 44.7 Å². The molecule has 0 N–H and O–H groups in total. The lowest BCUT2D eigenvalue weighted by atomic mass is 9.70. The first-order valence-electron chi connectivity index (χ1n) is 12.0. The highest BCUT2D eigenvalue weighted by molar-refractivity contribution is 5.83. The van der Waals surface area contributed by atoms with Crippen LogP contribution in [0.5, 0.6) is 11.5 Å². The fourth-order valence-electron chi connectivity index (χ4n) is 6.14. The molecule has 178 valence electrons. The second kappa shape index (κ2) is 7.69. The summed E-state index contributed by atoms with van der Waals surface area (Å²) in [7, 11) is 3.39. The minimum Gasteiger partial charge on any atom is -0.493 e. The Hall–Kier alpha value is -3.14. The van der Waals surface area contributed by atoms with Gasteiger partial charge in [0.15, 0.2) is 11.5 Å². The van der Waals surface area contributed by atoms with Gasteiger partial charge in [0.25, 0.3) is 0 Å². The summed E-state index contributed by atoms with van der Waals surface area (Å²) in [5.41, 5.74) is 9.68. The number of rotatable bonds is 4.